The van der Waals surface area contributed by atoms with Crippen LogP contribution in [0.2, 0.25) is 0 Å². The van der Waals surface area contributed by atoms with Crippen molar-refractivity contribution in [3.05, 3.63) is 53.1 Å². The Morgan fingerprint density at radius 2 is 2.00 bits per heavy atom. The van der Waals surface area contributed by atoms with Crippen molar-refractivity contribution in [3.63, 3.8) is 0 Å². The number of amides is 1. The number of para-hydroxylation sites is 1. The van der Waals surface area contributed by atoms with Crippen molar-refractivity contribution in [3.8, 4) is 11.5 Å². The van der Waals surface area contributed by atoms with Crippen molar-refractivity contribution in [1.82, 2.24) is 5.32 Å². The van der Waals surface area contributed by atoms with E-state index in [-0.39, 0.29) is 19.2 Å². The first-order valence-electron chi connectivity index (χ1n) is 8.15. The van der Waals surface area contributed by atoms with Gasteiger partial charge in [0, 0.05) is 12.2 Å². The van der Waals surface area contributed by atoms with Gasteiger partial charge in [-0.1, -0.05) is 31.2 Å². The Hall–Kier alpha value is -2.69. The Bertz CT molecular complexity index is 743. The molecule has 5 heteroatoms. The minimum Gasteiger partial charge on any atom is -0.454 e. The van der Waals surface area contributed by atoms with Gasteiger partial charge < -0.3 is 20.1 Å². The fourth-order valence-corrected chi connectivity index (χ4v) is 2.76. The summed E-state index contributed by atoms with van der Waals surface area (Å²) in [5, 5.41) is 6.17. The van der Waals surface area contributed by atoms with Crippen molar-refractivity contribution in [2.45, 2.75) is 26.8 Å². The minimum atomic E-state index is -0.0435. The number of benzene rings is 2. The Morgan fingerprint density at radius 3 is 2.83 bits per heavy atom. The first kappa shape index (κ1) is 16.2. The van der Waals surface area contributed by atoms with Crippen molar-refractivity contribution in [2.24, 2.45) is 0 Å². The molecule has 1 aliphatic rings. The van der Waals surface area contributed by atoms with Gasteiger partial charge in [-0.3, -0.25) is 4.79 Å². The van der Waals surface area contributed by atoms with Gasteiger partial charge in [-0.25, -0.2) is 0 Å². The van der Waals surface area contributed by atoms with E-state index in [1.807, 2.05) is 37.3 Å². The Kier molecular flexibility index (Phi) is 4.89. The summed E-state index contributed by atoms with van der Waals surface area (Å²) in [5.74, 6) is 1.43. The number of ether oxygens (including phenoxy) is 2. The smallest absolute Gasteiger partial charge is 0.239 e. The lowest BCUT2D eigenvalue weighted by Gasteiger charge is -2.14. The SMILES string of the molecule is CCc1cccc(C)c1NCC(=O)NCc1ccc2c(c1)OCO2. The predicted octanol–water partition coefficient (Wildman–Crippen LogP) is 3.01. The topological polar surface area (TPSA) is 59.6 Å². The van der Waals surface area contributed by atoms with Gasteiger partial charge in [0.2, 0.25) is 12.7 Å². The molecule has 5 nitrogen and oxygen atoms in total. The maximum Gasteiger partial charge on any atom is 0.239 e. The molecule has 0 aromatic heterocycles. The molecule has 0 saturated heterocycles. The van der Waals surface area contributed by atoms with Gasteiger partial charge in [0.1, 0.15) is 0 Å². The number of nitrogens with one attached hydrogen (secondary N) is 2. The van der Waals surface area contributed by atoms with E-state index < -0.39 is 0 Å². The third-order valence-corrected chi connectivity index (χ3v) is 4.09. The summed E-state index contributed by atoms with van der Waals surface area (Å²) < 4.78 is 10.6. The van der Waals surface area contributed by atoms with Crippen LogP contribution >= 0.6 is 0 Å². The lowest BCUT2D eigenvalue weighted by atomic mass is 10.1. The van der Waals surface area contributed by atoms with E-state index in [0.717, 1.165) is 34.7 Å². The normalized spacial score (nSPS) is 12.1. The molecule has 0 unspecified atom stereocenters. The van der Waals surface area contributed by atoms with E-state index in [9.17, 15) is 4.79 Å². The van der Waals surface area contributed by atoms with Crippen LogP contribution in [-0.2, 0) is 17.8 Å². The zero-order chi connectivity index (χ0) is 16.9. The number of aryl methyl sites for hydroxylation is 2. The maximum absolute atomic E-state index is 12.1. The lowest BCUT2D eigenvalue weighted by molar-refractivity contribution is -0.119. The van der Waals surface area contributed by atoms with E-state index >= 15 is 0 Å². The molecule has 3 rings (SSSR count). The highest BCUT2D eigenvalue weighted by atomic mass is 16.7. The zero-order valence-corrected chi connectivity index (χ0v) is 14.0. The molecule has 1 heterocycles. The summed E-state index contributed by atoms with van der Waals surface area (Å²) in [5.41, 5.74) is 4.41. The molecular formula is C19H22N2O3. The third-order valence-electron chi connectivity index (χ3n) is 4.09. The highest BCUT2D eigenvalue weighted by Crippen LogP contribution is 2.32. The second kappa shape index (κ2) is 7.25. The van der Waals surface area contributed by atoms with E-state index in [2.05, 4.69) is 23.6 Å². The zero-order valence-electron chi connectivity index (χ0n) is 14.0. The summed E-state index contributed by atoms with van der Waals surface area (Å²) in [6.45, 7) is 5.13. The van der Waals surface area contributed by atoms with E-state index in [0.29, 0.717) is 6.54 Å². The number of carbonyl (C=O) groups is 1. The molecule has 0 spiro atoms. The van der Waals surface area contributed by atoms with Crippen molar-refractivity contribution in [1.29, 1.82) is 0 Å². The summed E-state index contributed by atoms with van der Waals surface area (Å²) >= 11 is 0. The van der Waals surface area contributed by atoms with Crippen LogP contribution in [0.25, 0.3) is 0 Å². The number of anilines is 1. The Morgan fingerprint density at radius 1 is 1.17 bits per heavy atom. The first-order valence-corrected chi connectivity index (χ1v) is 8.15. The lowest BCUT2D eigenvalue weighted by Crippen LogP contribution is -2.29. The highest BCUT2D eigenvalue weighted by Gasteiger charge is 2.13. The van der Waals surface area contributed by atoms with Crippen LogP contribution in [0.5, 0.6) is 11.5 Å². The summed E-state index contributed by atoms with van der Waals surface area (Å²) in [7, 11) is 0. The molecule has 0 atom stereocenters. The molecule has 2 aromatic rings. The first-order chi connectivity index (χ1) is 11.7. The Labute approximate surface area is 142 Å². The average molecular weight is 326 g/mol. The molecule has 0 radical (unpaired) electrons. The molecule has 1 aliphatic heterocycles. The quantitative estimate of drug-likeness (QED) is 0.857. The molecular weight excluding hydrogens is 304 g/mol. The third kappa shape index (κ3) is 3.62. The molecule has 2 aromatic carbocycles. The van der Waals surface area contributed by atoms with E-state index in [1.54, 1.807) is 0 Å². The van der Waals surface area contributed by atoms with Crippen LogP contribution < -0.4 is 20.1 Å². The molecule has 126 valence electrons. The highest BCUT2D eigenvalue weighted by molar-refractivity contribution is 5.81. The van der Waals surface area contributed by atoms with Gasteiger partial charge in [0.05, 0.1) is 6.54 Å². The second-order valence-electron chi connectivity index (χ2n) is 5.78. The van der Waals surface area contributed by atoms with Crippen molar-refractivity contribution in [2.75, 3.05) is 18.7 Å². The number of carbonyl (C=O) groups excluding carboxylic acids is 1. The van der Waals surface area contributed by atoms with Crippen molar-refractivity contribution < 1.29 is 14.3 Å². The van der Waals surface area contributed by atoms with Gasteiger partial charge >= 0.3 is 0 Å². The van der Waals surface area contributed by atoms with Crippen molar-refractivity contribution >= 4 is 11.6 Å². The molecule has 24 heavy (non-hydrogen) atoms. The molecule has 0 fully saturated rings. The van der Waals surface area contributed by atoms with Gasteiger partial charge in [0.15, 0.2) is 11.5 Å². The second-order valence-corrected chi connectivity index (χ2v) is 5.78. The molecule has 0 aliphatic carbocycles. The van der Waals surface area contributed by atoms with E-state index in [4.69, 9.17) is 9.47 Å². The fraction of sp³-hybridized carbons (Fsp3) is 0.316. The van der Waals surface area contributed by atoms with Crippen LogP contribution in [-0.4, -0.2) is 19.2 Å². The van der Waals surface area contributed by atoms with Crippen LogP contribution in [0.4, 0.5) is 5.69 Å². The molecule has 0 bridgehead atoms. The van der Waals surface area contributed by atoms with E-state index in [1.165, 1.54) is 5.56 Å². The van der Waals surface area contributed by atoms with Crippen LogP contribution in [0, 0.1) is 6.92 Å². The van der Waals surface area contributed by atoms with Crippen LogP contribution in [0.1, 0.15) is 23.6 Å². The average Bonchev–Trinajstić information content (AvgIpc) is 3.06. The number of hydrogen-bond acceptors (Lipinski definition) is 4. The fourth-order valence-electron chi connectivity index (χ4n) is 2.76. The largest absolute Gasteiger partial charge is 0.454 e. The number of rotatable bonds is 6. The summed E-state index contributed by atoms with van der Waals surface area (Å²) in [6.07, 6.45) is 0.933. The van der Waals surface area contributed by atoms with Crippen LogP contribution in [0.15, 0.2) is 36.4 Å². The maximum atomic E-state index is 12.1. The summed E-state index contributed by atoms with van der Waals surface area (Å²) in [6, 6.07) is 11.9. The molecule has 2 N–H and O–H groups in total. The number of hydrogen-bond donors (Lipinski definition) is 2. The molecule has 0 saturated carbocycles. The van der Waals surface area contributed by atoms with Gasteiger partial charge in [-0.15, -0.1) is 0 Å². The monoisotopic (exact) mass is 326 g/mol. The van der Waals surface area contributed by atoms with Gasteiger partial charge in [-0.2, -0.15) is 0 Å². The van der Waals surface area contributed by atoms with Gasteiger partial charge in [0.25, 0.3) is 0 Å². The summed E-state index contributed by atoms with van der Waals surface area (Å²) in [4.78, 5) is 12.1. The predicted molar refractivity (Wildman–Crippen MR) is 93.5 cm³/mol. The standard InChI is InChI=1S/C19H22N2O3/c1-3-15-6-4-5-13(2)19(15)21-11-18(22)20-10-14-7-8-16-17(9-14)24-12-23-16/h4-9,21H,3,10-12H2,1-2H3,(H,20,22). The Balaban J connectivity index is 1.53. The number of fused-ring (bicyclic) bond motifs is 1. The minimum absolute atomic E-state index is 0.0435. The molecule has 1 amide bonds. The van der Waals surface area contributed by atoms with Gasteiger partial charge in [-0.05, 0) is 42.2 Å². The van der Waals surface area contributed by atoms with Crippen LogP contribution in [0.3, 0.4) is 0 Å².